The molecule has 0 aliphatic heterocycles. The van der Waals surface area contributed by atoms with Crippen LogP contribution in [0.3, 0.4) is 0 Å². The topological polar surface area (TPSA) is 30.5 Å². The Morgan fingerprint density at radius 2 is 1.74 bits per heavy atom. The maximum Gasteiger partial charge on any atom is 0.166 e. The molecule has 0 saturated carbocycles. The Balaban J connectivity index is 2.48. The third kappa shape index (κ3) is 7.58. The van der Waals surface area contributed by atoms with Crippen molar-refractivity contribution in [1.29, 1.82) is 0 Å². The molecule has 0 spiro atoms. The second-order valence-electron chi connectivity index (χ2n) is 5.85. The van der Waals surface area contributed by atoms with E-state index in [9.17, 15) is 0 Å². The van der Waals surface area contributed by atoms with E-state index in [0.717, 1.165) is 41.0 Å². The van der Waals surface area contributed by atoms with E-state index in [-0.39, 0.29) is 0 Å². The largest absolute Gasteiger partial charge is 0.493 e. The lowest BCUT2D eigenvalue weighted by Gasteiger charge is -2.17. The Hall–Kier alpha value is -0.740. The molecule has 0 saturated heterocycles. The van der Waals surface area contributed by atoms with E-state index in [4.69, 9.17) is 9.47 Å². The van der Waals surface area contributed by atoms with Gasteiger partial charge in [0.1, 0.15) is 0 Å². The van der Waals surface area contributed by atoms with Crippen molar-refractivity contribution in [2.75, 3.05) is 20.3 Å². The highest BCUT2D eigenvalue weighted by Gasteiger charge is 2.14. The second kappa shape index (κ2) is 12.7. The number of hydrogen-bond acceptors (Lipinski definition) is 3. The van der Waals surface area contributed by atoms with E-state index in [1.807, 2.05) is 12.1 Å². The minimum atomic E-state index is 0.706. The molecule has 1 aromatic rings. The van der Waals surface area contributed by atoms with Crippen LogP contribution in [0.15, 0.2) is 16.6 Å². The highest BCUT2D eigenvalue weighted by Crippen LogP contribution is 2.36. The van der Waals surface area contributed by atoms with Crippen molar-refractivity contribution in [3.05, 3.63) is 22.2 Å². The average Bonchev–Trinajstić information content (AvgIpc) is 2.56. The molecule has 0 bridgehead atoms. The van der Waals surface area contributed by atoms with Gasteiger partial charge in [-0.1, -0.05) is 61.9 Å². The number of unbranched alkanes of at least 4 members (excludes halogenated alkanes) is 5. The summed E-state index contributed by atoms with van der Waals surface area (Å²) in [6, 6.07) is 3.98. The molecule has 0 fully saturated rings. The Morgan fingerprint density at radius 3 is 2.43 bits per heavy atom. The maximum absolute atomic E-state index is 5.92. The van der Waals surface area contributed by atoms with Gasteiger partial charge in [0.05, 0.1) is 13.7 Å². The summed E-state index contributed by atoms with van der Waals surface area (Å²) in [4.78, 5) is 0. The van der Waals surface area contributed by atoms with Crippen molar-refractivity contribution in [3.8, 4) is 11.5 Å². The second-order valence-corrected chi connectivity index (χ2v) is 6.70. The van der Waals surface area contributed by atoms with Gasteiger partial charge in [-0.2, -0.15) is 0 Å². The third-order valence-electron chi connectivity index (χ3n) is 3.85. The van der Waals surface area contributed by atoms with Crippen molar-refractivity contribution < 1.29 is 9.47 Å². The Kier molecular flexibility index (Phi) is 11.2. The minimum Gasteiger partial charge on any atom is -0.493 e. The van der Waals surface area contributed by atoms with E-state index in [0.29, 0.717) is 6.61 Å². The highest BCUT2D eigenvalue weighted by molar-refractivity contribution is 9.10. The zero-order valence-corrected chi connectivity index (χ0v) is 16.5. The lowest BCUT2D eigenvalue weighted by molar-refractivity contribution is 0.290. The Morgan fingerprint density at radius 1 is 1.00 bits per heavy atom. The van der Waals surface area contributed by atoms with Gasteiger partial charge in [-0.15, -0.1) is 0 Å². The first-order valence-corrected chi connectivity index (χ1v) is 9.72. The summed E-state index contributed by atoms with van der Waals surface area (Å²) < 4.78 is 12.4. The first-order chi connectivity index (χ1) is 11.2. The van der Waals surface area contributed by atoms with Gasteiger partial charge < -0.3 is 14.8 Å². The van der Waals surface area contributed by atoms with Crippen molar-refractivity contribution in [2.45, 2.75) is 65.3 Å². The summed E-state index contributed by atoms with van der Waals surface area (Å²) >= 11 is 3.64. The monoisotopic (exact) mass is 385 g/mol. The van der Waals surface area contributed by atoms with Crippen LogP contribution in [-0.4, -0.2) is 20.3 Å². The van der Waals surface area contributed by atoms with Crippen molar-refractivity contribution in [1.82, 2.24) is 5.32 Å². The molecule has 0 heterocycles. The van der Waals surface area contributed by atoms with Crippen LogP contribution in [-0.2, 0) is 6.54 Å². The summed E-state index contributed by atoms with van der Waals surface area (Å²) in [5, 5.41) is 3.54. The fraction of sp³-hybridized carbons (Fsp3) is 0.684. The van der Waals surface area contributed by atoms with E-state index < -0.39 is 0 Å². The summed E-state index contributed by atoms with van der Waals surface area (Å²) in [6.45, 7) is 6.92. The van der Waals surface area contributed by atoms with Crippen LogP contribution in [0.1, 0.15) is 64.4 Å². The molecule has 0 radical (unpaired) electrons. The van der Waals surface area contributed by atoms with Crippen LogP contribution in [0, 0.1) is 0 Å². The van der Waals surface area contributed by atoms with Gasteiger partial charge in [0.15, 0.2) is 11.5 Å². The van der Waals surface area contributed by atoms with Crippen LogP contribution in [0.4, 0.5) is 0 Å². The molecule has 23 heavy (non-hydrogen) atoms. The standard InChI is InChI=1S/C19H32BrNO2/c1-4-6-7-8-9-10-13-21-15-16-17(20)11-12-18(22-3)19(16)23-14-5-2/h11-12,21H,4-10,13-15H2,1-3H3. The van der Waals surface area contributed by atoms with Crippen LogP contribution in [0.25, 0.3) is 0 Å². The first kappa shape index (κ1) is 20.3. The zero-order valence-electron chi connectivity index (χ0n) is 14.9. The van der Waals surface area contributed by atoms with E-state index in [1.165, 1.54) is 38.5 Å². The van der Waals surface area contributed by atoms with E-state index in [2.05, 4.69) is 35.1 Å². The van der Waals surface area contributed by atoms with Gasteiger partial charge in [-0.05, 0) is 31.5 Å². The van der Waals surface area contributed by atoms with Gasteiger partial charge in [0.25, 0.3) is 0 Å². The lowest BCUT2D eigenvalue weighted by Crippen LogP contribution is -2.16. The molecule has 1 rings (SSSR count). The molecule has 1 aromatic carbocycles. The molecule has 0 aliphatic rings. The average molecular weight is 386 g/mol. The zero-order chi connectivity index (χ0) is 16.9. The number of nitrogens with one attached hydrogen (secondary N) is 1. The summed E-state index contributed by atoms with van der Waals surface area (Å²) in [6.07, 6.45) is 8.92. The van der Waals surface area contributed by atoms with Crippen LogP contribution >= 0.6 is 15.9 Å². The Labute approximate surface area is 150 Å². The molecular weight excluding hydrogens is 354 g/mol. The van der Waals surface area contributed by atoms with Gasteiger partial charge in [0, 0.05) is 16.6 Å². The maximum atomic E-state index is 5.92. The van der Waals surface area contributed by atoms with Crippen molar-refractivity contribution >= 4 is 15.9 Å². The molecule has 0 unspecified atom stereocenters. The van der Waals surface area contributed by atoms with Gasteiger partial charge >= 0.3 is 0 Å². The molecular formula is C19H32BrNO2. The number of ether oxygens (including phenoxy) is 2. The minimum absolute atomic E-state index is 0.706. The molecule has 1 N–H and O–H groups in total. The van der Waals surface area contributed by atoms with Crippen molar-refractivity contribution in [2.24, 2.45) is 0 Å². The smallest absolute Gasteiger partial charge is 0.166 e. The van der Waals surface area contributed by atoms with E-state index in [1.54, 1.807) is 7.11 Å². The summed E-state index contributed by atoms with van der Waals surface area (Å²) in [5.74, 6) is 1.66. The molecule has 4 heteroatoms. The predicted molar refractivity (Wildman–Crippen MR) is 102 cm³/mol. The molecule has 0 atom stereocenters. The normalized spacial score (nSPS) is 10.8. The predicted octanol–water partition coefficient (Wildman–Crippen LogP) is 5.70. The van der Waals surface area contributed by atoms with Gasteiger partial charge in [-0.3, -0.25) is 0 Å². The summed E-state index contributed by atoms with van der Waals surface area (Å²) in [5.41, 5.74) is 1.14. The van der Waals surface area contributed by atoms with Gasteiger partial charge in [0.2, 0.25) is 0 Å². The number of rotatable bonds is 13. The SMILES string of the molecule is CCCCCCCCNCc1c(Br)ccc(OC)c1OCCC. The van der Waals surface area contributed by atoms with Crippen LogP contribution in [0.2, 0.25) is 0 Å². The number of methoxy groups -OCH3 is 1. The van der Waals surface area contributed by atoms with Gasteiger partial charge in [-0.25, -0.2) is 0 Å². The van der Waals surface area contributed by atoms with Crippen LogP contribution in [0.5, 0.6) is 11.5 Å². The molecule has 0 aliphatic carbocycles. The number of hydrogen-bond donors (Lipinski definition) is 1. The third-order valence-corrected chi connectivity index (χ3v) is 4.59. The first-order valence-electron chi connectivity index (χ1n) is 8.93. The fourth-order valence-corrected chi connectivity index (χ4v) is 2.97. The number of halogens is 1. The highest BCUT2D eigenvalue weighted by atomic mass is 79.9. The quantitative estimate of drug-likeness (QED) is 0.442. The number of benzene rings is 1. The van der Waals surface area contributed by atoms with Crippen LogP contribution < -0.4 is 14.8 Å². The Bertz CT molecular complexity index is 438. The lowest BCUT2D eigenvalue weighted by atomic mass is 10.1. The fourth-order valence-electron chi connectivity index (χ4n) is 2.51. The van der Waals surface area contributed by atoms with Crippen molar-refractivity contribution in [3.63, 3.8) is 0 Å². The molecule has 3 nitrogen and oxygen atoms in total. The molecule has 0 aromatic heterocycles. The molecule has 0 amide bonds. The summed E-state index contributed by atoms with van der Waals surface area (Å²) in [7, 11) is 1.69. The molecule has 132 valence electrons. The van der Waals surface area contributed by atoms with E-state index >= 15 is 0 Å².